The Labute approximate surface area is 183 Å². The Kier molecular flexibility index (Phi) is 6.65. The van der Waals surface area contributed by atoms with Gasteiger partial charge >= 0.3 is 0 Å². The van der Waals surface area contributed by atoms with Crippen LogP contribution in [0.15, 0.2) is 48.5 Å². The molecule has 0 unspecified atom stereocenters. The Morgan fingerprint density at radius 2 is 1.77 bits per heavy atom. The number of nitrogens with one attached hydrogen (secondary N) is 1. The van der Waals surface area contributed by atoms with Gasteiger partial charge in [0.2, 0.25) is 5.91 Å². The number of carbonyl (C=O) groups is 2. The highest BCUT2D eigenvalue weighted by molar-refractivity contribution is 5.94. The van der Waals surface area contributed by atoms with E-state index in [1.54, 1.807) is 0 Å². The summed E-state index contributed by atoms with van der Waals surface area (Å²) >= 11 is 0. The van der Waals surface area contributed by atoms with Gasteiger partial charge in [0.05, 0.1) is 17.6 Å². The molecule has 0 spiro atoms. The van der Waals surface area contributed by atoms with Crippen LogP contribution in [0.25, 0.3) is 11.0 Å². The van der Waals surface area contributed by atoms with Crippen LogP contribution in [0.3, 0.4) is 0 Å². The molecule has 0 aliphatic carbocycles. The quantitative estimate of drug-likeness (QED) is 0.656. The number of hydrogen-bond donors (Lipinski definition) is 1. The van der Waals surface area contributed by atoms with Gasteiger partial charge < -0.3 is 14.8 Å². The van der Waals surface area contributed by atoms with Crippen molar-refractivity contribution in [2.75, 3.05) is 13.1 Å². The highest BCUT2D eigenvalue weighted by Crippen LogP contribution is 2.18. The fourth-order valence-electron chi connectivity index (χ4n) is 4.24. The Morgan fingerprint density at radius 3 is 2.55 bits per heavy atom. The zero-order valence-corrected chi connectivity index (χ0v) is 18.1. The molecule has 2 amide bonds. The van der Waals surface area contributed by atoms with Crippen molar-refractivity contribution in [3.05, 3.63) is 65.5 Å². The molecular weight excluding hydrogens is 388 g/mol. The third kappa shape index (κ3) is 5.13. The molecule has 4 rings (SSSR count). The number of aryl methyl sites for hydroxylation is 2. The number of fused-ring (bicyclic) bond motifs is 1. The van der Waals surface area contributed by atoms with Gasteiger partial charge in [-0.3, -0.25) is 9.59 Å². The summed E-state index contributed by atoms with van der Waals surface area (Å²) in [6.07, 6.45) is 5.05. The van der Waals surface area contributed by atoms with Crippen molar-refractivity contribution in [1.82, 2.24) is 19.8 Å². The lowest BCUT2D eigenvalue weighted by Gasteiger charge is -2.20. The Hall–Kier alpha value is -3.15. The zero-order chi connectivity index (χ0) is 21.6. The van der Waals surface area contributed by atoms with Gasteiger partial charge in [-0.2, -0.15) is 0 Å². The van der Waals surface area contributed by atoms with E-state index in [9.17, 15) is 9.59 Å². The van der Waals surface area contributed by atoms with E-state index in [0.717, 1.165) is 48.4 Å². The van der Waals surface area contributed by atoms with Crippen LogP contribution in [0.1, 0.15) is 53.8 Å². The van der Waals surface area contributed by atoms with E-state index in [-0.39, 0.29) is 11.8 Å². The van der Waals surface area contributed by atoms with Gasteiger partial charge in [0.25, 0.3) is 5.91 Å². The van der Waals surface area contributed by atoms with Crippen molar-refractivity contribution >= 4 is 22.8 Å². The minimum atomic E-state index is -0.122. The van der Waals surface area contributed by atoms with E-state index >= 15 is 0 Å². The van der Waals surface area contributed by atoms with Crippen molar-refractivity contribution in [1.29, 1.82) is 0 Å². The van der Waals surface area contributed by atoms with Gasteiger partial charge in [-0.1, -0.05) is 42.7 Å². The fourth-order valence-corrected chi connectivity index (χ4v) is 4.24. The zero-order valence-electron chi connectivity index (χ0n) is 18.1. The topological polar surface area (TPSA) is 67.2 Å². The highest BCUT2D eigenvalue weighted by Gasteiger charge is 2.18. The number of rotatable bonds is 6. The second-order valence-electron chi connectivity index (χ2n) is 8.27. The lowest BCUT2D eigenvalue weighted by molar-refractivity contribution is -0.131. The minimum absolute atomic E-state index is 0.122. The third-order valence-electron chi connectivity index (χ3n) is 5.93. The van der Waals surface area contributed by atoms with Gasteiger partial charge in [-0.15, -0.1) is 0 Å². The first kappa shape index (κ1) is 21.1. The average Bonchev–Trinajstić information content (AvgIpc) is 2.93. The SMILES string of the molecule is Cc1cccc(C(=O)NCc2nc3ccccc3n2CCC(=O)N2CCCCCC2)c1. The van der Waals surface area contributed by atoms with Crippen LogP contribution in [-0.2, 0) is 17.9 Å². The van der Waals surface area contributed by atoms with Crippen molar-refractivity contribution in [3.63, 3.8) is 0 Å². The standard InChI is InChI=1S/C25H30N4O2/c1-19-9-8-10-20(17-19)25(31)26-18-23-27-21-11-4-5-12-22(21)29(23)16-13-24(30)28-14-6-2-3-7-15-28/h4-5,8-12,17H,2-3,6-7,13-16,18H2,1H3,(H,26,31). The first-order chi connectivity index (χ1) is 15.1. The van der Waals surface area contributed by atoms with E-state index in [4.69, 9.17) is 4.98 Å². The van der Waals surface area contributed by atoms with Crippen molar-refractivity contribution in [3.8, 4) is 0 Å². The summed E-state index contributed by atoms with van der Waals surface area (Å²) in [5.74, 6) is 0.850. The second kappa shape index (κ2) is 9.77. The van der Waals surface area contributed by atoms with E-state index < -0.39 is 0 Å². The van der Waals surface area contributed by atoms with Crippen LogP contribution in [0.4, 0.5) is 0 Å². The van der Waals surface area contributed by atoms with Gasteiger partial charge in [-0.05, 0) is 44.0 Å². The summed E-state index contributed by atoms with van der Waals surface area (Å²) in [6.45, 7) is 4.58. The third-order valence-corrected chi connectivity index (χ3v) is 5.93. The number of hydrogen-bond acceptors (Lipinski definition) is 3. The van der Waals surface area contributed by atoms with Crippen LogP contribution in [-0.4, -0.2) is 39.4 Å². The average molecular weight is 419 g/mol. The molecule has 6 heteroatoms. The number of imidazole rings is 1. The fraction of sp³-hybridized carbons (Fsp3) is 0.400. The van der Waals surface area contributed by atoms with E-state index in [2.05, 4.69) is 9.88 Å². The maximum Gasteiger partial charge on any atom is 0.251 e. The molecule has 1 aliphatic heterocycles. The summed E-state index contributed by atoms with van der Waals surface area (Å²) in [6, 6.07) is 15.5. The van der Waals surface area contributed by atoms with Crippen LogP contribution >= 0.6 is 0 Å². The first-order valence-electron chi connectivity index (χ1n) is 11.2. The van der Waals surface area contributed by atoms with Crippen LogP contribution in [0.2, 0.25) is 0 Å². The molecule has 1 fully saturated rings. The molecule has 1 N–H and O–H groups in total. The van der Waals surface area contributed by atoms with Crippen LogP contribution in [0.5, 0.6) is 0 Å². The Bertz CT molecular complexity index is 1060. The van der Waals surface area contributed by atoms with Crippen molar-refractivity contribution in [2.24, 2.45) is 0 Å². The summed E-state index contributed by atoms with van der Waals surface area (Å²) in [4.78, 5) is 32.1. The second-order valence-corrected chi connectivity index (χ2v) is 8.27. The molecule has 0 bridgehead atoms. The number of benzene rings is 2. The van der Waals surface area contributed by atoms with E-state index in [1.165, 1.54) is 12.8 Å². The number of para-hydroxylation sites is 2. The summed E-state index contributed by atoms with van der Waals surface area (Å²) < 4.78 is 2.07. The van der Waals surface area contributed by atoms with Gasteiger partial charge in [0.1, 0.15) is 5.82 Å². The van der Waals surface area contributed by atoms with Crippen molar-refractivity contribution < 1.29 is 9.59 Å². The molecule has 31 heavy (non-hydrogen) atoms. The van der Waals surface area contributed by atoms with E-state index in [1.807, 2.05) is 60.4 Å². The minimum Gasteiger partial charge on any atom is -0.345 e. The number of likely N-dealkylation sites (tertiary alicyclic amines) is 1. The van der Waals surface area contributed by atoms with Crippen LogP contribution in [0, 0.1) is 6.92 Å². The lowest BCUT2D eigenvalue weighted by atomic mass is 10.1. The maximum absolute atomic E-state index is 12.8. The summed E-state index contributed by atoms with van der Waals surface area (Å²) in [7, 11) is 0. The van der Waals surface area contributed by atoms with Gasteiger partial charge in [0.15, 0.2) is 0 Å². The Morgan fingerprint density at radius 1 is 1.00 bits per heavy atom. The molecule has 0 radical (unpaired) electrons. The molecule has 162 valence electrons. The molecule has 0 atom stereocenters. The molecular formula is C25H30N4O2. The first-order valence-corrected chi connectivity index (χ1v) is 11.2. The molecule has 2 aromatic carbocycles. The Balaban J connectivity index is 1.47. The predicted molar refractivity (Wildman–Crippen MR) is 122 cm³/mol. The van der Waals surface area contributed by atoms with Gasteiger partial charge in [0, 0.05) is 31.6 Å². The molecule has 1 aliphatic rings. The monoisotopic (exact) mass is 418 g/mol. The highest BCUT2D eigenvalue weighted by atomic mass is 16.2. The van der Waals surface area contributed by atoms with Gasteiger partial charge in [-0.25, -0.2) is 4.98 Å². The molecule has 1 saturated heterocycles. The largest absolute Gasteiger partial charge is 0.345 e. The number of aromatic nitrogens is 2. The lowest BCUT2D eigenvalue weighted by Crippen LogP contribution is -2.32. The molecule has 2 heterocycles. The smallest absolute Gasteiger partial charge is 0.251 e. The molecule has 0 saturated carbocycles. The summed E-state index contributed by atoms with van der Waals surface area (Å²) in [5.41, 5.74) is 3.56. The molecule has 3 aromatic rings. The molecule has 6 nitrogen and oxygen atoms in total. The van der Waals surface area contributed by atoms with Crippen LogP contribution < -0.4 is 5.32 Å². The van der Waals surface area contributed by atoms with Crippen molar-refractivity contribution in [2.45, 2.75) is 52.1 Å². The number of carbonyl (C=O) groups excluding carboxylic acids is 2. The normalized spacial score (nSPS) is 14.4. The number of amides is 2. The van der Waals surface area contributed by atoms with E-state index in [0.29, 0.717) is 25.1 Å². The predicted octanol–water partition coefficient (Wildman–Crippen LogP) is 4.07. The summed E-state index contributed by atoms with van der Waals surface area (Å²) in [5, 5.41) is 2.99. The number of nitrogens with zero attached hydrogens (tertiary/aromatic N) is 3. The maximum atomic E-state index is 12.8. The molecule has 1 aromatic heterocycles.